The number of alkyl halides is 1. The molecule has 2 heterocycles. The van der Waals surface area contributed by atoms with Crippen molar-refractivity contribution in [3.8, 4) is 0 Å². The fraction of sp³-hybridized carbons (Fsp3) is 0.667. The Labute approximate surface area is 138 Å². The molecule has 122 valence electrons. The van der Waals surface area contributed by atoms with E-state index in [9.17, 15) is 19.2 Å². The van der Waals surface area contributed by atoms with Crippen molar-refractivity contribution >= 4 is 34.5 Å². The zero-order chi connectivity index (χ0) is 16.6. The lowest BCUT2D eigenvalue weighted by molar-refractivity contribution is -0.154. The zero-order valence-corrected chi connectivity index (χ0v) is 14.5. The third kappa shape index (κ3) is 2.96. The highest BCUT2D eigenvalue weighted by Gasteiger charge is 2.41. The van der Waals surface area contributed by atoms with Crippen LogP contribution in [0.15, 0.2) is 9.59 Å². The number of hydrogen-bond donors (Lipinski definition) is 0. The van der Waals surface area contributed by atoms with E-state index in [2.05, 4.69) is 22.6 Å². The van der Waals surface area contributed by atoms with Crippen LogP contribution in [-0.2, 0) is 32.7 Å². The summed E-state index contributed by atoms with van der Waals surface area (Å²) in [4.78, 5) is 46.7. The lowest BCUT2D eigenvalue weighted by Gasteiger charge is -2.35. The number of esters is 2. The van der Waals surface area contributed by atoms with Gasteiger partial charge in [0.25, 0.3) is 0 Å². The molecule has 1 aliphatic rings. The largest absolute Gasteiger partial charge is 0.463 e. The summed E-state index contributed by atoms with van der Waals surface area (Å²) < 4.78 is 13.5. The van der Waals surface area contributed by atoms with Gasteiger partial charge in [0.1, 0.15) is 18.8 Å². The highest BCUT2D eigenvalue weighted by molar-refractivity contribution is 14.1. The monoisotopic (exact) mass is 425 g/mol. The molecular weight excluding hydrogens is 409 g/mol. The van der Waals surface area contributed by atoms with Crippen molar-refractivity contribution in [3.05, 3.63) is 21.0 Å². The topological polar surface area (TPSA) is 102 Å². The summed E-state index contributed by atoms with van der Waals surface area (Å²) in [6, 6.07) is -0.746. The summed E-state index contributed by atoms with van der Waals surface area (Å²) in [7, 11) is 1.37. The third-order valence-electron chi connectivity index (χ3n) is 3.41. The molecule has 10 heteroatoms. The third-order valence-corrected chi connectivity index (χ3v) is 4.51. The Morgan fingerprint density at radius 1 is 1.23 bits per heavy atom. The molecule has 0 N–H and O–H groups in total. The van der Waals surface area contributed by atoms with E-state index in [1.165, 1.54) is 30.3 Å². The Hall–Kier alpha value is -1.59. The van der Waals surface area contributed by atoms with Gasteiger partial charge < -0.3 is 9.47 Å². The molecule has 0 unspecified atom stereocenters. The van der Waals surface area contributed by atoms with Gasteiger partial charge in [-0.25, -0.2) is 23.5 Å². The number of rotatable bonds is 3. The average molecular weight is 425 g/mol. The summed E-state index contributed by atoms with van der Waals surface area (Å²) in [5, 5.41) is 0. The predicted octanol–water partition coefficient (Wildman–Crippen LogP) is -0.798. The molecule has 3 atom stereocenters. The first-order chi connectivity index (χ1) is 10.2. The molecule has 0 spiro atoms. The molecule has 2 rings (SSSR count). The minimum Gasteiger partial charge on any atom is -0.463 e. The van der Waals surface area contributed by atoms with E-state index in [0.29, 0.717) is 0 Å². The Kier molecular flexibility index (Phi) is 4.78. The maximum Gasteiger partial charge on any atom is 0.347 e. The van der Waals surface area contributed by atoms with Crippen LogP contribution in [0.5, 0.6) is 0 Å². The second-order valence-electron chi connectivity index (χ2n) is 5.01. The maximum atomic E-state index is 12.2. The van der Waals surface area contributed by atoms with Crippen LogP contribution in [-0.4, -0.2) is 42.5 Å². The Balaban J connectivity index is 2.52. The lowest BCUT2D eigenvalue weighted by Crippen LogP contribution is -2.51. The second kappa shape index (κ2) is 6.26. The van der Waals surface area contributed by atoms with Crippen molar-refractivity contribution < 1.29 is 19.1 Å². The predicted molar refractivity (Wildman–Crippen MR) is 83.0 cm³/mol. The maximum absolute atomic E-state index is 12.2. The Morgan fingerprint density at radius 2 is 1.86 bits per heavy atom. The number of carbonyl (C=O) groups excluding carboxylic acids is 2. The number of fused-ring (bicyclic) bond motifs is 1. The van der Waals surface area contributed by atoms with Gasteiger partial charge in [0.2, 0.25) is 0 Å². The van der Waals surface area contributed by atoms with Crippen molar-refractivity contribution in [3.63, 3.8) is 0 Å². The highest BCUT2D eigenvalue weighted by Crippen LogP contribution is 2.27. The Bertz CT molecular complexity index is 717. The minimum atomic E-state index is -0.746. The molecule has 0 fully saturated rings. The van der Waals surface area contributed by atoms with E-state index in [-0.39, 0.29) is 17.1 Å². The normalized spacial score (nSPS) is 23.7. The summed E-state index contributed by atoms with van der Waals surface area (Å²) in [6.07, 6.45) is -0.669. The second-order valence-corrected chi connectivity index (χ2v) is 6.61. The van der Waals surface area contributed by atoms with Crippen molar-refractivity contribution in [1.29, 1.82) is 0 Å². The van der Waals surface area contributed by atoms with E-state index in [1.807, 2.05) is 0 Å². The summed E-state index contributed by atoms with van der Waals surface area (Å²) in [6.45, 7) is 2.58. The summed E-state index contributed by atoms with van der Waals surface area (Å²) in [5.74, 6) is -1.02. The van der Waals surface area contributed by atoms with Crippen LogP contribution in [0.4, 0.5) is 0 Å². The number of ether oxygens (including phenoxy) is 2. The molecule has 0 aromatic carbocycles. The number of halogens is 1. The average Bonchev–Trinajstić information content (AvgIpc) is 2.63. The van der Waals surface area contributed by atoms with Crippen LogP contribution in [0.2, 0.25) is 0 Å². The van der Waals surface area contributed by atoms with Crippen molar-refractivity contribution in [2.75, 3.05) is 6.61 Å². The number of nitrogens with zero attached hydrogens (tertiary/aromatic N) is 3. The van der Waals surface area contributed by atoms with Crippen molar-refractivity contribution in [2.24, 2.45) is 7.05 Å². The fourth-order valence-electron chi connectivity index (χ4n) is 2.45. The number of carbonyl (C=O) groups is 2. The molecule has 1 aromatic rings. The molecule has 0 saturated carbocycles. The van der Waals surface area contributed by atoms with Gasteiger partial charge in [-0.1, -0.05) is 22.6 Å². The van der Waals surface area contributed by atoms with E-state index in [1.54, 1.807) is 0 Å². The zero-order valence-electron chi connectivity index (χ0n) is 12.3. The van der Waals surface area contributed by atoms with E-state index < -0.39 is 35.5 Å². The van der Waals surface area contributed by atoms with Gasteiger partial charge in [-0.2, -0.15) is 0 Å². The van der Waals surface area contributed by atoms with E-state index in [4.69, 9.17) is 9.47 Å². The van der Waals surface area contributed by atoms with Gasteiger partial charge in [-0.3, -0.25) is 9.59 Å². The van der Waals surface area contributed by atoms with Gasteiger partial charge in [-0.15, -0.1) is 0 Å². The molecule has 0 aliphatic carbocycles. The summed E-state index contributed by atoms with van der Waals surface area (Å²) >= 11 is 2.06. The van der Waals surface area contributed by atoms with Crippen LogP contribution >= 0.6 is 22.6 Å². The van der Waals surface area contributed by atoms with E-state index >= 15 is 0 Å². The lowest BCUT2D eigenvalue weighted by atomic mass is 10.1. The first-order valence-electron chi connectivity index (χ1n) is 6.57. The number of aromatic nitrogens is 3. The van der Waals surface area contributed by atoms with Gasteiger partial charge in [0.15, 0.2) is 0 Å². The van der Waals surface area contributed by atoms with Gasteiger partial charge in [0.05, 0.1) is 10.5 Å². The van der Waals surface area contributed by atoms with Gasteiger partial charge in [0, 0.05) is 20.9 Å². The first-order valence-corrected chi connectivity index (χ1v) is 7.81. The standard InChI is InChI=1S/C12H16IN3O6/c1-6(17)21-5-9-10(22-7(2)18)8(13)4-15-11(19)14(3)12(20)16(9)15/h8-10H,4-5H2,1-3H3/t8-,9+,10+/m0/s1. The SMILES string of the molecule is CC(=O)OC[C@@H]1[C@H](OC(C)=O)[C@@H](I)Cn2c(=O)n(C)c(=O)n21. The molecular formula is C12H16IN3O6. The smallest absolute Gasteiger partial charge is 0.347 e. The minimum absolute atomic E-state index is 0.157. The van der Waals surface area contributed by atoms with Crippen molar-refractivity contribution in [2.45, 2.75) is 36.5 Å². The quantitative estimate of drug-likeness (QED) is 0.357. The number of hydrogen-bond acceptors (Lipinski definition) is 6. The first kappa shape index (κ1) is 16.8. The molecule has 1 aromatic heterocycles. The van der Waals surface area contributed by atoms with Crippen LogP contribution in [0.3, 0.4) is 0 Å². The Morgan fingerprint density at radius 3 is 2.41 bits per heavy atom. The van der Waals surface area contributed by atoms with Crippen LogP contribution in [0.1, 0.15) is 19.9 Å². The van der Waals surface area contributed by atoms with Crippen molar-refractivity contribution in [1.82, 2.24) is 13.9 Å². The van der Waals surface area contributed by atoms with Crippen LogP contribution < -0.4 is 11.4 Å². The van der Waals surface area contributed by atoms with E-state index in [0.717, 1.165) is 4.57 Å². The fourth-order valence-corrected chi connectivity index (χ4v) is 3.45. The van der Waals surface area contributed by atoms with Gasteiger partial charge >= 0.3 is 23.3 Å². The molecule has 0 radical (unpaired) electrons. The molecule has 0 bridgehead atoms. The molecule has 0 saturated heterocycles. The molecule has 0 amide bonds. The molecule has 1 aliphatic heterocycles. The van der Waals surface area contributed by atoms with Crippen LogP contribution in [0.25, 0.3) is 0 Å². The molecule has 22 heavy (non-hydrogen) atoms. The van der Waals surface area contributed by atoms with Gasteiger partial charge in [-0.05, 0) is 0 Å². The highest BCUT2D eigenvalue weighted by atomic mass is 127. The summed E-state index contributed by atoms with van der Waals surface area (Å²) in [5.41, 5.74) is -0.997. The molecule has 9 nitrogen and oxygen atoms in total. The van der Waals surface area contributed by atoms with Crippen LogP contribution in [0, 0.1) is 0 Å².